The Bertz CT molecular complexity index is 388. The smallest absolute Gasteiger partial charge is 0.310 e. The summed E-state index contributed by atoms with van der Waals surface area (Å²) in [5.41, 5.74) is 5.41. The van der Waals surface area contributed by atoms with Crippen LogP contribution in [0.3, 0.4) is 0 Å². The number of esters is 1. The van der Waals surface area contributed by atoms with E-state index in [1.165, 1.54) is 7.11 Å². The highest BCUT2D eigenvalue weighted by Gasteiger charge is 2.40. The molecule has 1 aliphatic rings. The number of methoxy groups -OCH3 is 1. The van der Waals surface area contributed by atoms with Crippen molar-refractivity contribution < 1.29 is 17.9 Å². The Kier molecular flexibility index (Phi) is 7.88. The first-order valence-electron chi connectivity index (χ1n) is 6.21. The molecule has 2 unspecified atom stereocenters. The SMILES string of the molecule is COC(=O)C1CCCCC1S(=O)(=O)N[C@H](C)CN.Cl. The monoisotopic (exact) mass is 314 g/mol. The van der Waals surface area contributed by atoms with Gasteiger partial charge in [0.1, 0.15) is 0 Å². The van der Waals surface area contributed by atoms with E-state index in [4.69, 9.17) is 10.5 Å². The van der Waals surface area contributed by atoms with E-state index in [2.05, 4.69) is 4.72 Å². The van der Waals surface area contributed by atoms with Crippen molar-refractivity contribution in [2.24, 2.45) is 11.7 Å². The summed E-state index contributed by atoms with van der Waals surface area (Å²) >= 11 is 0. The Morgan fingerprint density at radius 1 is 1.42 bits per heavy atom. The van der Waals surface area contributed by atoms with Crippen molar-refractivity contribution >= 4 is 28.4 Å². The van der Waals surface area contributed by atoms with Gasteiger partial charge in [-0.05, 0) is 19.8 Å². The van der Waals surface area contributed by atoms with Crippen LogP contribution in [0.4, 0.5) is 0 Å². The second kappa shape index (κ2) is 8.04. The molecular weight excluding hydrogens is 292 g/mol. The van der Waals surface area contributed by atoms with E-state index in [9.17, 15) is 13.2 Å². The van der Waals surface area contributed by atoms with Crippen LogP contribution in [0.5, 0.6) is 0 Å². The normalized spacial score (nSPS) is 25.2. The van der Waals surface area contributed by atoms with E-state index in [0.717, 1.165) is 12.8 Å². The Morgan fingerprint density at radius 2 is 2.00 bits per heavy atom. The summed E-state index contributed by atoms with van der Waals surface area (Å²) in [6.45, 7) is 1.93. The number of rotatable bonds is 5. The van der Waals surface area contributed by atoms with Crippen molar-refractivity contribution in [2.75, 3.05) is 13.7 Å². The molecule has 0 aromatic heterocycles. The number of nitrogens with two attached hydrogens (primary N) is 1. The Balaban J connectivity index is 0.00000324. The Hall–Kier alpha value is -0.370. The molecule has 0 aliphatic heterocycles. The third-order valence-electron chi connectivity index (χ3n) is 3.32. The number of halogens is 1. The highest BCUT2D eigenvalue weighted by molar-refractivity contribution is 7.90. The molecule has 3 atom stereocenters. The van der Waals surface area contributed by atoms with Crippen LogP contribution in [0.15, 0.2) is 0 Å². The number of carbonyl (C=O) groups excluding carboxylic acids is 1. The predicted octanol–water partition coefficient (Wildman–Crippen LogP) is 0.407. The molecule has 19 heavy (non-hydrogen) atoms. The Morgan fingerprint density at radius 3 is 2.53 bits per heavy atom. The first-order valence-corrected chi connectivity index (χ1v) is 7.76. The van der Waals surface area contributed by atoms with Gasteiger partial charge < -0.3 is 10.5 Å². The molecule has 1 rings (SSSR count). The maximum absolute atomic E-state index is 12.2. The van der Waals surface area contributed by atoms with Gasteiger partial charge in [0.05, 0.1) is 18.3 Å². The zero-order valence-corrected chi connectivity index (χ0v) is 12.9. The molecule has 1 fully saturated rings. The van der Waals surface area contributed by atoms with Gasteiger partial charge in [-0.1, -0.05) is 12.8 Å². The van der Waals surface area contributed by atoms with Crippen molar-refractivity contribution in [1.29, 1.82) is 0 Å². The fourth-order valence-corrected chi connectivity index (χ4v) is 4.29. The van der Waals surface area contributed by atoms with Crippen LogP contribution in [-0.2, 0) is 19.6 Å². The molecule has 1 saturated carbocycles. The van der Waals surface area contributed by atoms with Crippen LogP contribution in [0.1, 0.15) is 32.6 Å². The van der Waals surface area contributed by atoms with Crippen molar-refractivity contribution in [3.63, 3.8) is 0 Å². The minimum atomic E-state index is -3.53. The molecule has 1 aliphatic carbocycles. The first-order chi connectivity index (χ1) is 8.42. The molecule has 0 amide bonds. The van der Waals surface area contributed by atoms with E-state index < -0.39 is 27.2 Å². The third kappa shape index (κ3) is 4.91. The van der Waals surface area contributed by atoms with Gasteiger partial charge in [0.15, 0.2) is 0 Å². The molecule has 114 valence electrons. The number of hydrogen-bond acceptors (Lipinski definition) is 5. The summed E-state index contributed by atoms with van der Waals surface area (Å²) in [5, 5.41) is -0.701. The van der Waals surface area contributed by atoms with Crippen LogP contribution < -0.4 is 10.5 Å². The van der Waals surface area contributed by atoms with Gasteiger partial charge in [-0.2, -0.15) is 0 Å². The average molecular weight is 315 g/mol. The minimum absolute atomic E-state index is 0. The largest absolute Gasteiger partial charge is 0.469 e. The highest BCUT2D eigenvalue weighted by atomic mass is 35.5. The summed E-state index contributed by atoms with van der Waals surface area (Å²) < 4.78 is 31.6. The highest BCUT2D eigenvalue weighted by Crippen LogP contribution is 2.30. The average Bonchev–Trinajstić information content (AvgIpc) is 2.37. The maximum Gasteiger partial charge on any atom is 0.310 e. The van der Waals surface area contributed by atoms with E-state index in [1.54, 1.807) is 6.92 Å². The minimum Gasteiger partial charge on any atom is -0.469 e. The molecular formula is C11H23ClN2O4S. The van der Waals surface area contributed by atoms with Crippen molar-refractivity contribution in [3.8, 4) is 0 Å². The quantitative estimate of drug-likeness (QED) is 0.716. The number of hydrogen-bond donors (Lipinski definition) is 2. The summed E-state index contributed by atoms with van der Waals surface area (Å²) in [6, 6.07) is -0.324. The third-order valence-corrected chi connectivity index (χ3v) is 5.42. The fraction of sp³-hybridized carbons (Fsp3) is 0.909. The zero-order valence-electron chi connectivity index (χ0n) is 11.3. The van der Waals surface area contributed by atoms with Crippen molar-refractivity contribution in [1.82, 2.24) is 4.72 Å². The lowest BCUT2D eigenvalue weighted by Gasteiger charge is -2.30. The standard InChI is InChI=1S/C11H22N2O4S.ClH/c1-8(7-12)13-18(15,16)10-6-4-3-5-9(10)11(14)17-2;/h8-10,13H,3-7,12H2,1-2H3;1H/t8-,9?,10?;/m1./s1. The van der Waals surface area contributed by atoms with Gasteiger partial charge in [-0.3, -0.25) is 4.79 Å². The maximum atomic E-state index is 12.2. The molecule has 0 bridgehead atoms. The lowest BCUT2D eigenvalue weighted by atomic mass is 9.89. The molecule has 8 heteroatoms. The summed E-state index contributed by atoms with van der Waals surface area (Å²) in [6.07, 6.45) is 2.73. The van der Waals surface area contributed by atoms with Gasteiger partial charge in [0.25, 0.3) is 0 Å². The van der Waals surface area contributed by atoms with E-state index in [0.29, 0.717) is 12.8 Å². The number of nitrogens with one attached hydrogen (secondary N) is 1. The number of sulfonamides is 1. The molecule has 0 saturated heterocycles. The lowest BCUT2D eigenvalue weighted by Crippen LogP contribution is -2.48. The second-order valence-electron chi connectivity index (χ2n) is 4.75. The molecule has 0 spiro atoms. The van der Waals surface area contributed by atoms with Crippen molar-refractivity contribution in [3.05, 3.63) is 0 Å². The van der Waals surface area contributed by atoms with E-state index >= 15 is 0 Å². The lowest BCUT2D eigenvalue weighted by molar-refractivity contribution is -0.146. The molecule has 0 aromatic rings. The molecule has 0 radical (unpaired) electrons. The van der Waals surface area contributed by atoms with Gasteiger partial charge in [-0.15, -0.1) is 12.4 Å². The summed E-state index contributed by atoms with van der Waals surface area (Å²) in [5.74, 6) is -1.00. The molecule has 0 aromatic carbocycles. The van der Waals surface area contributed by atoms with Crippen LogP contribution >= 0.6 is 12.4 Å². The van der Waals surface area contributed by atoms with Gasteiger partial charge >= 0.3 is 5.97 Å². The van der Waals surface area contributed by atoms with Crippen LogP contribution in [0.2, 0.25) is 0 Å². The van der Waals surface area contributed by atoms with Gasteiger partial charge in [0, 0.05) is 12.6 Å². The molecule has 0 heterocycles. The number of carbonyl (C=O) groups is 1. The summed E-state index contributed by atoms with van der Waals surface area (Å²) in [7, 11) is -2.24. The Labute approximate surface area is 120 Å². The van der Waals surface area contributed by atoms with Crippen LogP contribution in [0, 0.1) is 5.92 Å². The van der Waals surface area contributed by atoms with Gasteiger partial charge in [-0.25, -0.2) is 13.1 Å². The molecule has 6 nitrogen and oxygen atoms in total. The second-order valence-corrected chi connectivity index (χ2v) is 6.68. The first kappa shape index (κ1) is 18.6. The van der Waals surface area contributed by atoms with Crippen LogP contribution in [0.25, 0.3) is 0 Å². The predicted molar refractivity (Wildman–Crippen MR) is 75.6 cm³/mol. The van der Waals surface area contributed by atoms with Crippen molar-refractivity contribution in [2.45, 2.75) is 43.9 Å². The van der Waals surface area contributed by atoms with E-state index in [1.807, 2.05) is 0 Å². The van der Waals surface area contributed by atoms with Gasteiger partial charge in [0.2, 0.25) is 10.0 Å². The topological polar surface area (TPSA) is 98.5 Å². The van der Waals surface area contributed by atoms with E-state index in [-0.39, 0.29) is 25.0 Å². The zero-order chi connectivity index (χ0) is 13.8. The summed E-state index contributed by atoms with van der Waals surface area (Å²) in [4.78, 5) is 11.6. The van der Waals surface area contributed by atoms with Crippen LogP contribution in [-0.4, -0.2) is 39.3 Å². The molecule has 3 N–H and O–H groups in total. The number of ether oxygens (including phenoxy) is 1. The fourth-order valence-electron chi connectivity index (χ4n) is 2.31.